The first-order valence-electron chi connectivity index (χ1n) is 4.48. The third-order valence-corrected chi connectivity index (χ3v) is 2.17. The Morgan fingerprint density at radius 2 is 2.17 bits per heavy atom. The summed E-state index contributed by atoms with van der Waals surface area (Å²) in [6, 6.07) is 0. The van der Waals surface area contributed by atoms with Gasteiger partial charge in [-0.1, -0.05) is 12.2 Å². The highest BCUT2D eigenvalue weighted by atomic mass is 15.3. The summed E-state index contributed by atoms with van der Waals surface area (Å²) in [6.45, 7) is 1.06. The van der Waals surface area contributed by atoms with Crippen LogP contribution in [-0.4, -0.2) is 14.8 Å². The second-order valence-electron chi connectivity index (χ2n) is 3.09. The second-order valence-corrected chi connectivity index (χ2v) is 3.09. The largest absolute Gasteiger partial charge is 0.318 e. The molecule has 2 heterocycles. The minimum atomic E-state index is 1.02. The predicted molar refractivity (Wildman–Crippen MR) is 46.7 cm³/mol. The lowest BCUT2D eigenvalue weighted by molar-refractivity contribution is 0.621. The van der Waals surface area contributed by atoms with Crippen LogP contribution in [0.5, 0.6) is 0 Å². The summed E-state index contributed by atoms with van der Waals surface area (Å²) in [5.41, 5.74) is 0. The van der Waals surface area contributed by atoms with Crippen LogP contribution in [0.25, 0.3) is 0 Å². The zero-order valence-electron chi connectivity index (χ0n) is 7.11. The minimum Gasteiger partial charge on any atom is -0.318 e. The van der Waals surface area contributed by atoms with E-state index in [9.17, 15) is 0 Å². The number of aromatic nitrogens is 3. The van der Waals surface area contributed by atoms with Crippen LogP contribution in [0.15, 0.2) is 18.5 Å². The van der Waals surface area contributed by atoms with Gasteiger partial charge in [0, 0.05) is 13.0 Å². The van der Waals surface area contributed by atoms with Gasteiger partial charge in [0.2, 0.25) is 0 Å². The summed E-state index contributed by atoms with van der Waals surface area (Å²) < 4.78 is 2.16. The molecule has 12 heavy (non-hydrogen) atoms. The van der Waals surface area contributed by atoms with E-state index in [-0.39, 0.29) is 0 Å². The molecule has 0 bridgehead atoms. The molecule has 1 aliphatic rings. The zero-order chi connectivity index (χ0) is 8.23. The van der Waals surface area contributed by atoms with Crippen molar-refractivity contribution in [3.05, 3.63) is 24.3 Å². The van der Waals surface area contributed by atoms with Crippen molar-refractivity contribution < 1.29 is 0 Å². The summed E-state index contributed by atoms with van der Waals surface area (Å²) in [6.07, 6.45) is 10.8. The number of fused-ring (bicyclic) bond motifs is 1. The first kappa shape index (κ1) is 7.53. The predicted octanol–water partition coefficient (Wildman–Crippen LogP) is 1.56. The van der Waals surface area contributed by atoms with Crippen LogP contribution in [0, 0.1) is 0 Å². The quantitative estimate of drug-likeness (QED) is 0.543. The Labute approximate surface area is 72.1 Å². The lowest BCUT2D eigenvalue weighted by Crippen LogP contribution is -2.01. The molecule has 0 atom stereocenters. The standard InChI is InChI=1S/C9H13N3/c1-2-4-6-9-11-10-8-12(9)7-5-3-1/h1-2,8H,3-7H2. The van der Waals surface area contributed by atoms with Gasteiger partial charge in [-0.2, -0.15) is 0 Å². The molecule has 0 N–H and O–H groups in total. The SMILES string of the molecule is C1=CCCc2nncn2CCC1. The molecule has 1 aliphatic heterocycles. The summed E-state index contributed by atoms with van der Waals surface area (Å²) >= 11 is 0. The monoisotopic (exact) mass is 163 g/mol. The van der Waals surface area contributed by atoms with Gasteiger partial charge in [-0.25, -0.2) is 0 Å². The van der Waals surface area contributed by atoms with Crippen LogP contribution < -0.4 is 0 Å². The Balaban J connectivity index is 2.16. The average molecular weight is 163 g/mol. The summed E-state index contributed by atoms with van der Waals surface area (Å²) in [4.78, 5) is 0. The van der Waals surface area contributed by atoms with E-state index in [1.165, 1.54) is 12.8 Å². The fraction of sp³-hybridized carbons (Fsp3) is 0.556. The molecule has 0 aromatic carbocycles. The van der Waals surface area contributed by atoms with E-state index in [1.807, 2.05) is 6.33 Å². The van der Waals surface area contributed by atoms with E-state index in [4.69, 9.17) is 0 Å². The van der Waals surface area contributed by atoms with Crippen LogP contribution in [0.3, 0.4) is 0 Å². The fourth-order valence-corrected chi connectivity index (χ4v) is 1.49. The van der Waals surface area contributed by atoms with Gasteiger partial charge in [-0.05, 0) is 19.3 Å². The van der Waals surface area contributed by atoms with E-state index in [2.05, 4.69) is 26.9 Å². The average Bonchev–Trinajstić information content (AvgIpc) is 2.50. The molecule has 0 saturated heterocycles. The van der Waals surface area contributed by atoms with Crippen molar-refractivity contribution in [3.8, 4) is 0 Å². The number of hydrogen-bond donors (Lipinski definition) is 0. The van der Waals surface area contributed by atoms with Crippen LogP contribution in [0.1, 0.15) is 25.1 Å². The molecule has 0 amide bonds. The highest BCUT2D eigenvalue weighted by Crippen LogP contribution is 2.06. The van der Waals surface area contributed by atoms with Crippen molar-refractivity contribution in [1.29, 1.82) is 0 Å². The summed E-state index contributed by atoms with van der Waals surface area (Å²) in [5, 5.41) is 7.99. The first-order valence-corrected chi connectivity index (χ1v) is 4.48. The molecule has 64 valence electrons. The van der Waals surface area contributed by atoms with Crippen LogP contribution in [0.2, 0.25) is 0 Å². The molecular weight excluding hydrogens is 150 g/mol. The van der Waals surface area contributed by atoms with Gasteiger partial charge in [0.25, 0.3) is 0 Å². The molecule has 2 rings (SSSR count). The van der Waals surface area contributed by atoms with Gasteiger partial charge in [-0.3, -0.25) is 0 Å². The van der Waals surface area contributed by atoms with Gasteiger partial charge < -0.3 is 4.57 Å². The Morgan fingerprint density at radius 1 is 1.25 bits per heavy atom. The van der Waals surface area contributed by atoms with Crippen molar-refractivity contribution in [2.24, 2.45) is 0 Å². The Hall–Kier alpha value is -1.12. The van der Waals surface area contributed by atoms with Gasteiger partial charge >= 0.3 is 0 Å². The van der Waals surface area contributed by atoms with Crippen LogP contribution >= 0.6 is 0 Å². The van der Waals surface area contributed by atoms with E-state index in [0.29, 0.717) is 0 Å². The summed E-state index contributed by atoms with van der Waals surface area (Å²) in [5.74, 6) is 1.13. The van der Waals surface area contributed by atoms with Crippen LogP contribution in [-0.2, 0) is 13.0 Å². The Bertz CT molecular complexity index is 275. The molecular formula is C9H13N3. The third kappa shape index (κ3) is 1.55. The number of aryl methyl sites for hydroxylation is 2. The molecule has 1 aromatic heterocycles. The zero-order valence-corrected chi connectivity index (χ0v) is 7.11. The maximum absolute atomic E-state index is 4.08. The number of rotatable bonds is 0. The minimum absolute atomic E-state index is 1.02. The van der Waals surface area contributed by atoms with Crippen molar-refractivity contribution >= 4 is 0 Å². The molecule has 0 radical (unpaired) electrons. The van der Waals surface area contributed by atoms with Crippen molar-refractivity contribution in [3.63, 3.8) is 0 Å². The number of allylic oxidation sites excluding steroid dienone is 2. The van der Waals surface area contributed by atoms with Gasteiger partial charge in [-0.15, -0.1) is 10.2 Å². The molecule has 0 fully saturated rings. The molecule has 3 nitrogen and oxygen atoms in total. The maximum atomic E-state index is 4.08. The fourth-order valence-electron chi connectivity index (χ4n) is 1.49. The van der Waals surface area contributed by atoms with Crippen molar-refractivity contribution in [1.82, 2.24) is 14.8 Å². The molecule has 1 aromatic rings. The smallest absolute Gasteiger partial charge is 0.133 e. The van der Waals surface area contributed by atoms with E-state index >= 15 is 0 Å². The van der Waals surface area contributed by atoms with Gasteiger partial charge in [0.15, 0.2) is 0 Å². The lowest BCUT2D eigenvalue weighted by atomic mass is 10.2. The molecule has 0 saturated carbocycles. The van der Waals surface area contributed by atoms with Crippen molar-refractivity contribution in [2.45, 2.75) is 32.2 Å². The topological polar surface area (TPSA) is 30.7 Å². The molecule has 0 aliphatic carbocycles. The normalized spacial score (nSPS) is 17.7. The molecule has 0 spiro atoms. The van der Waals surface area contributed by atoms with Crippen LogP contribution in [0.4, 0.5) is 0 Å². The highest BCUT2D eigenvalue weighted by molar-refractivity contribution is 4.92. The van der Waals surface area contributed by atoms with E-state index in [0.717, 1.165) is 25.2 Å². The Morgan fingerprint density at radius 3 is 3.17 bits per heavy atom. The number of nitrogens with zero attached hydrogens (tertiary/aromatic N) is 3. The molecule has 0 unspecified atom stereocenters. The maximum Gasteiger partial charge on any atom is 0.133 e. The Kier molecular flexibility index (Phi) is 2.21. The van der Waals surface area contributed by atoms with E-state index < -0.39 is 0 Å². The summed E-state index contributed by atoms with van der Waals surface area (Å²) in [7, 11) is 0. The lowest BCUT2D eigenvalue weighted by Gasteiger charge is -2.01. The molecule has 3 heteroatoms. The highest BCUT2D eigenvalue weighted by Gasteiger charge is 2.03. The second kappa shape index (κ2) is 3.52. The first-order chi connectivity index (χ1) is 5.97. The third-order valence-electron chi connectivity index (χ3n) is 2.17. The number of hydrogen-bond acceptors (Lipinski definition) is 2. The van der Waals surface area contributed by atoms with Crippen molar-refractivity contribution in [2.75, 3.05) is 0 Å². The van der Waals surface area contributed by atoms with Gasteiger partial charge in [0.05, 0.1) is 0 Å². The van der Waals surface area contributed by atoms with Gasteiger partial charge in [0.1, 0.15) is 12.2 Å². The van der Waals surface area contributed by atoms with E-state index in [1.54, 1.807) is 0 Å².